The van der Waals surface area contributed by atoms with E-state index in [1.54, 1.807) is 23.4 Å². The number of nitrogens with zero attached hydrogens (tertiary/aromatic N) is 3. The molecular formula is C20H20N4O3. The normalized spacial score (nSPS) is 21.0. The number of carbonyl (C=O) groups is 3. The highest BCUT2D eigenvalue weighted by molar-refractivity contribution is 6.11. The molecule has 4 rings (SSSR count). The Morgan fingerprint density at radius 2 is 2.00 bits per heavy atom. The third-order valence-electron chi connectivity index (χ3n) is 5.38. The number of hydrogen-bond acceptors (Lipinski definition) is 4. The summed E-state index contributed by atoms with van der Waals surface area (Å²) in [7, 11) is 0. The number of anilines is 1. The van der Waals surface area contributed by atoms with Crippen LogP contribution in [0.4, 0.5) is 5.69 Å². The molecule has 2 aliphatic heterocycles. The van der Waals surface area contributed by atoms with E-state index >= 15 is 0 Å². The standard InChI is InChI=1S/C20H20N4O3/c21-17(25)12-24-16-6-2-1-5-15(16)20(19(24)27)7-9-23(13-20)18(26)10-14-4-3-8-22-11-14/h1-6,8,11H,7,9-10,12-13H2,(H2,21,25). The Hall–Kier alpha value is -3.22. The molecular weight excluding hydrogens is 344 g/mol. The highest BCUT2D eigenvalue weighted by Crippen LogP contribution is 2.47. The van der Waals surface area contributed by atoms with Crippen LogP contribution in [0.15, 0.2) is 48.8 Å². The van der Waals surface area contributed by atoms with Gasteiger partial charge in [-0.1, -0.05) is 24.3 Å². The maximum absolute atomic E-state index is 13.2. The first kappa shape index (κ1) is 17.2. The predicted molar refractivity (Wildman–Crippen MR) is 98.8 cm³/mol. The van der Waals surface area contributed by atoms with Crippen molar-refractivity contribution in [1.82, 2.24) is 9.88 Å². The molecule has 0 aliphatic carbocycles. The van der Waals surface area contributed by atoms with E-state index in [0.29, 0.717) is 25.2 Å². The van der Waals surface area contributed by atoms with E-state index < -0.39 is 11.3 Å². The van der Waals surface area contributed by atoms with Gasteiger partial charge in [-0.2, -0.15) is 0 Å². The zero-order valence-corrected chi connectivity index (χ0v) is 14.8. The lowest BCUT2D eigenvalue weighted by Gasteiger charge is -2.24. The molecule has 1 saturated heterocycles. The number of likely N-dealkylation sites (tertiary alicyclic amines) is 1. The molecule has 2 N–H and O–H groups in total. The van der Waals surface area contributed by atoms with Gasteiger partial charge in [0.05, 0.1) is 11.8 Å². The number of rotatable bonds is 4. The first-order chi connectivity index (χ1) is 13.0. The van der Waals surface area contributed by atoms with E-state index in [0.717, 1.165) is 11.1 Å². The number of amides is 3. The van der Waals surface area contributed by atoms with Gasteiger partial charge in [-0.05, 0) is 29.7 Å². The molecule has 1 atom stereocenters. The lowest BCUT2D eigenvalue weighted by Crippen LogP contribution is -2.45. The second-order valence-corrected chi connectivity index (χ2v) is 7.06. The highest BCUT2D eigenvalue weighted by atomic mass is 16.2. The Morgan fingerprint density at radius 3 is 2.74 bits per heavy atom. The minimum atomic E-state index is -0.795. The molecule has 1 aromatic carbocycles. The molecule has 2 aromatic rings. The fourth-order valence-corrected chi connectivity index (χ4v) is 4.12. The van der Waals surface area contributed by atoms with Gasteiger partial charge >= 0.3 is 0 Å². The van der Waals surface area contributed by atoms with Crippen molar-refractivity contribution in [2.24, 2.45) is 5.73 Å². The molecule has 27 heavy (non-hydrogen) atoms. The predicted octanol–water partition coefficient (Wildman–Crippen LogP) is 0.626. The molecule has 7 nitrogen and oxygen atoms in total. The molecule has 1 fully saturated rings. The van der Waals surface area contributed by atoms with Gasteiger partial charge in [0.1, 0.15) is 6.54 Å². The van der Waals surface area contributed by atoms with Crippen LogP contribution in [-0.2, 0) is 26.2 Å². The van der Waals surface area contributed by atoms with E-state index in [9.17, 15) is 14.4 Å². The third-order valence-corrected chi connectivity index (χ3v) is 5.38. The topological polar surface area (TPSA) is 96.6 Å². The number of nitrogens with two attached hydrogens (primary N) is 1. The van der Waals surface area contributed by atoms with Crippen molar-refractivity contribution in [3.63, 3.8) is 0 Å². The van der Waals surface area contributed by atoms with Gasteiger partial charge in [-0.15, -0.1) is 0 Å². The number of hydrogen-bond donors (Lipinski definition) is 1. The molecule has 1 aromatic heterocycles. The first-order valence-corrected chi connectivity index (χ1v) is 8.88. The summed E-state index contributed by atoms with van der Waals surface area (Å²) in [6.45, 7) is 0.669. The van der Waals surface area contributed by atoms with E-state index in [-0.39, 0.29) is 24.8 Å². The van der Waals surface area contributed by atoms with Gasteiger partial charge in [0.25, 0.3) is 0 Å². The maximum atomic E-state index is 13.2. The Morgan fingerprint density at radius 1 is 1.19 bits per heavy atom. The van der Waals surface area contributed by atoms with Crippen LogP contribution in [-0.4, -0.2) is 47.2 Å². The number of aromatic nitrogens is 1. The Balaban J connectivity index is 1.60. The minimum Gasteiger partial charge on any atom is -0.368 e. The Kier molecular flexibility index (Phi) is 4.14. The summed E-state index contributed by atoms with van der Waals surface area (Å²) in [5.41, 5.74) is 6.97. The highest BCUT2D eigenvalue weighted by Gasteiger charge is 2.55. The minimum absolute atomic E-state index is 0.0292. The van der Waals surface area contributed by atoms with Crippen molar-refractivity contribution in [3.05, 3.63) is 59.9 Å². The van der Waals surface area contributed by atoms with Gasteiger partial charge in [0.15, 0.2) is 0 Å². The van der Waals surface area contributed by atoms with Crippen molar-refractivity contribution in [3.8, 4) is 0 Å². The summed E-state index contributed by atoms with van der Waals surface area (Å²) in [5, 5.41) is 0. The van der Waals surface area contributed by atoms with Gasteiger partial charge in [0, 0.05) is 31.2 Å². The summed E-state index contributed by atoms with van der Waals surface area (Å²) in [4.78, 5) is 44.6. The first-order valence-electron chi connectivity index (χ1n) is 8.88. The number of benzene rings is 1. The number of carbonyl (C=O) groups excluding carboxylic acids is 3. The quantitative estimate of drug-likeness (QED) is 0.860. The van der Waals surface area contributed by atoms with E-state index in [2.05, 4.69) is 4.98 Å². The van der Waals surface area contributed by atoms with Crippen LogP contribution >= 0.6 is 0 Å². The van der Waals surface area contributed by atoms with Crippen LogP contribution in [0.2, 0.25) is 0 Å². The second kappa shape index (κ2) is 6.50. The smallest absolute Gasteiger partial charge is 0.240 e. The summed E-state index contributed by atoms with van der Waals surface area (Å²) >= 11 is 0. The zero-order chi connectivity index (χ0) is 19.0. The fraction of sp³-hybridized carbons (Fsp3) is 0.300. The molecule has 1 unspecified atom stereocenters. The van der Waals surface area contributed by atoms with Crippen molar-refractivity contribution >= 4 is 23.4 Å². The van der Waals surface area contributed by atoms with Crippen LogP contribution in [0.1, 0.15) is 17.5 Å². The largest absolute Gasteiger partial charge is 0.368 e. The number of para-hydroxylation sites is 1. The summed E-state index contributed by atoms with van der Waals surface area (Å²) in [6.07, 6.45) is 4.14. The van der Waals surface area contributed by atoms with Crippen LogP contribution in [0, 0.1) is 0 Å². The zero-order valence-electron chi connectivity index (χ0n) is 14.8. The van der Waals surface area contributed by atoms with Crippen LogP contribution in [0.5, 0.6) is 0 Å². The Labute approximate surface area is 156 Å². The summed E-state index contributed by atoms with van der Waals surface area (Å²) < 4.78 is 0. The molecule has 0 radical (unpaired) electrons. The average Bonchev–Trinajstić information content (AvgIpc) is 3.20. The van der Waals surface area contributed by atoms with Crippen molar-refractivity contribution < 1.29 is 14.4 Å². The van der Waals surface area contributed by atoms with E-state index in [1.807, 2.05) is 30.3 Å². The van der Waals surface area contributed by atoms with Crippen molar-refractivity contribution in [2.75, 3.05) is 24.5 Å². The fourth-order valence-electron chi connectivity index (χ4n) is 4.12. The van der Waals surface area contributed by atoms with Gasteiger partial charge in [0.2, 0.25) is 17.7 Å². The molecule has 0 saturated carbocycles. The third kappa shape index (κ3) is 2.85. The molecule has 7 heteroatoms. The molecule has 3 amide bonds. The molecule has 2 aliphatic rings. The summed E-state index contributed by atoms with van der Waals surface area (Å²) in [6, 6.07) is 11.1. The molecule has 1 spiro atoms. The van der Waals surface area contributed by atoms with Crippen molar-refractivity contribution in [2.45, 2.75) is 18.3 Å². The SMILES string of the molecule is NC(=O)CN1C(=O)C2(CCN(C(=O)Cc3cccnc3)C2)c2ccccc21. The van der Waals surface area contributed by atoms with Crippen LogP contribution in [0.25, 0.3) is 0 Å². The van der Waals surface area contributed by atoms with Crippen molar-refractivity contribution in [1.29, 1.82) is 0 Å². The van der Waals surface area contributed by atoms with Crippen LogP contribution in [0.3, 0.4) is 0 Å². The van der Waals surface area contributed by atoms with E-state index in [4.69, 9.17) is 5.73 Å². The Bertz CT molecular complexity index is 914. The maximum Gasteiger partial charge on any atom is 0.240 e. The summed E-state index contributed by atoms with van der Waals surface area (Å²) in [5.74, 6) is -0.740. The molecule has 138 valence electrons. The number of pyridine rings is 1. The van der Waals surface area contributed by atoms with Gasteiger partial charge in [-0.3, -0.25) is 19.4 Å². The second-order valence-electron chi connectivity index (χ2n) is 7.06. The lowest BCUT2D eigenvalue weighted by molar-refractivity contribution is -0.130. The lowest BCUT2D eigenvalue weighted by atomic mass is 9.81. The molecule has 3 heterocycles. The average molecular weight is 364 g/mol. The molecule has 0 bridgehead atoms. The number of primary amides is 1. The van der Waals surface area contributed by atoms with Gasteiger partial charge in [-0.25, -0.2) is 0 Å². The number of fused-ring (bicyclic) bond motifs is 2. The van der Waals surface area contributed by atoms with E-state index in [1.165, 1.54) is 4.90 Å². The van der Waals surface area contributed by atoms with Crippen LogP contribution < -0.4 is 10.6 Å². The monoisotopic (exact) mass is 364 g/mol. The van der Waals surface area contributed by atoms with Gasteiger partial charge < -0.3 is 15.5 Å².